The average Bonchev–Trinajstić information content (AvgIpc) is 3.53. The predicted molar refractivity (Wildman–Crippen MR) is 154 cm³/mol. The van der Waals surface area contributed by atoms with Crippen molar-refractivity contribution in [2.45, 2.75) is 13.3 Å². The molecule has 0 aliphatic rings. The number of benzene rings is 2. The van der Waals surface area contributed by atoms with Crippen LogP contribution in [0.25, 0.3) is 22.1 Å². The molecule has 0 saturated carbocycles. The molecule has 0 bridgehead atoms. The van der Waals surface area contributed by atoms with E-state index in [1.807, 2.05) is 61.8 Å². The van der Waals surface area contributed by atoms with Crippen molar-refractivity contribution in [3.63, 3.8) is 0 Å². The lowest BCUT2D eigenvalue weighted by molar-refractivity contribution is 0.100. The number of hydrogen-bond donors (Lipinski definition) is 2. The number of pyridine rings is 1. The van der Waals surface area contributed by atoms with Crippen LogP contribution in [0, 0.1) is 11.8 Å². The van der Waals surface area contributed by atoms with Crippen LogP contribution in [-0.4, -0.2) is 34.9 Å². The maximum Gasteiger partial charge on any atom is 0.264 e. The summed E-state index contributed by atoms with van der Waals surface area (Å²) in [5.74, 6) is 5.75. The van der Waals surface area contributed by atoms with E-state index in [0.29, 0.717) is 11.0 Å². The van der Waals surface area contributed by atoms with Crippen LogP contribution in [0.5, 0.6) is 0 Å². The number of aromatic nitrogens is 6. The summed E-state index contributed by atoms with van der Waals surface area (Å²) in [7, 11) is 1.86. The number of amides is 1. The van der Waals surface area contributed by atoms with Gasteiger partial charge in [-0.15, -0.1) is 5.10 Å². The van der Waals surface area contributed by atoms with Gasteiger partial charge in [-0.05, 0) is 42.1 Å². The molecule has 6 rings (SSSR count). The second kappa shape index (κ2) is 11.0. The van der Waals surface area contributed by atoms with Gasteiger partial charge in [-0.25, -0.2) is 9.50 Å². The Labute approximate surface area is 229 Å². The molecule has 4 aromatic heterocycles. The Balaban J connectivity index is 0.000000207. The normalized spacial score (nSPS) is 10.6. The van der Waals surface area contributed by atoms with Crippen LogP contribution in [-0.2, 0) is 13.5 Å². The van der Waals surface area contributed by atoms with E-state index >= 15 is 0 Å². The van der Waals surface area contributed by atoms with E-state index in [2.05, 4.69) is 40.0 Å². The number of fused-ring (bicyclic) bond motifs is 2. The molecule has 0 spiro atoms. The number of nitrogen functional groups attached to an aromatic ring is 1. The van der Waals surface area contributed by atoms with Crippen LogP contribution < -0.4 is 17.0 Å². The highest BCUT2D eigenvalue weighted by Crippen LogP contribution is 2.19. The Morgan fingerprint density at radius 2 is 1.85 bits per heavy atom. The number of primary amides is 1. The number of carbonyl (C=O) groups excluding carboxylic acids is 1. The minimum atomic E-state index is -0.619. The highest BCUT2D eigenvalue weighted by atomic mass is 16.1. The fraction of sp³-hybridized carbons (Fsp3) is 0.100. The highest BCUT2D eigenvalue weighted by Gasteiger charge is 2.15. The van der Waals surface area contributed by atoms with E-state index in [4.69, 9.17) is 11.5 Å². The largest absolute Gasteiger partial charge is 0.381 e. The number of anilines is 1. The topological polar surface area (TPSA) is 139 Å². The van der Waals surface area contributed by atoms with Crippen molar-refractivity contribution in [3.8, 4) is 17.5 Å². The van der Waals surface area contributed by atoms with Gasteiger partial charge < -0.3 is 11.5 Å². The SMILES string of the molecule is CCc1cc2cccc(C#Cc3cnn(C)c3)c2c(=O)n1-c1ccccc1.NC(=O)c1c(N)nn2cccnc12. The molecule has 1 amide bonds. The number of carbonyl (C=O) groups is 1. The third-order valence-electron chi connectivity index (χ3n) is 6.21. The molecule has 198 valence electrons. The van der Waals surface area contributed by atoms with Gasteiger partial charge >= 0.3 is 0 Å². The number of hydrogen-bond acceptors (Lipinski definition) is 6. The smallest absolute Gasteiger partial charge is 0.264 e. The van der Waals surface area contributed by atoms with Crippen molar-refractivity contribution < 1.29 is 4.79 Å². The van der Waals surface area contributed by atoms with Crippen molar-refractivity contribution in [3.05, 3.63) is 118 Å². The van der Waals surface area contributed by atoms with Gasteiger partial charge in [0.05, 0.1) is 17.1 Å². The van der Waals surface area contributed by atoms with Gasteiger partial charge in [-0.3, -0.25) is 18.8 Å². The van der Waals surface area contributed by atoms with E-state index in [-0.39, 0.29) is 16.9 Å². The zero-order chi connectivity index (χ0) is 28.2. The lowest BCUT2D eigenvalue weighted by Gasteiger charge is -2.14. The van der Waals surface area contributed by atoms with Crippen molar-refractivity contribution in [1.29, 1.82) is 0 Å². The van der Waals surface area contributed by atoms with Crippen LogP contribution in [0.4, 0.5) is 5.82 Å². The molecule has 10 nitrogen and oxygen atoms in total. The van der Waals surface area contributed by atoms with Crippen LogP contribution in [0.3, 0.4) is 0 Å². The Hall–Kier alpha value is -5.69. The quantitative estimate of drug-likeness (QED) is 0.337. The lowest BCUT2D eigenvalue weighted by Crippen LogP contribution is -2.22. The fourth-order valence-electron chi connectivity index (χ4n) is 4.41. The zero-order valence-corrected chi connectivity index (χ0v) is 21.9. The standard InChI is InChI=1S/C23H19N3O.C7H7N5O/c1-3-20-14-19-9-7-8-18(13-12-17-15-24-25(2)16-17)22(19)23(27)26(20)21-10-5-4-6-11-21;8-5-4(6(9)13)7-10-2-1-3-12(7)11-5/h4-11,14-16H,3H2,1-2H3;1-3H,(H2,8,11)(H2,9,13). The molecule has 4 N–H and O–H groups in total. The summed E-state index contributed by atoms with van der Waals surface area (Å²) in [6.45, 7) is 2.06. The van der Waals surface area contributed by atoms with E-state index in [1.54, 1.807) is 33.9 Å². The van der Waals surface area contributed by atoms with Crippen molar-refractivity contribution in [2.75, 3.05) is 5.73 Å². The summed E-state index contributed by atoms with van der Waals surface area (Å²) in [5.41, 5.74) is 14.5. The van der Waals surface area contributed by atoms with Gasteiger partial charge in [-0.2, -0.15) is 5.10 Å². The second-order valence-electron chi connectivity index (χ2n) is 8.90. The van der Waals surface area contributed by atoms with Crippen molar-refractivity contribution in [1.82, 2.24) is 28.9 Å². The van der Waals surface area contributed by atoms with Crippen LogP contribution >= 0.6 is 0 Å². The van der Waals surface area contributed by atoms with Gasteiger partial charge in [0.15, 0.2) is 11.5 Å². The highest BCUT2D eigenvalue weighted by molar-refractivity contribution is 6.03. The molecule has 0 aliphatic heterocycles. The first-order valence-corrected chi connectivity index (χ1v) is 12.5. The van der Waals surface area contributed by atoms with Gasteiger partial charge in [0, 0.05) is 42.6 Å². The van der Waals surface area contributed by atoms with Gasteiger partial charge in [-0.1, -0.05) is 49.1 Å². The second-order valence-corrected chi connectivity index (χ2v) is 8.90. The number of aryl methyl sites for hydroxylation is 2. The molecule has 0 atom stereocenters. The molecule has 6 aromatic rings. The minimum absolute atomic E-state index is 0.0355. The maximum atomic E-state index is 13.4. The summed E-state index contributed by atoms with van der Waals surface area (Å²) >= 11 is 0. The molecular formula is C30H26N8O2. The third-order valence-corrected chi connectivity index (χ3v) is 6.21. The third kappa shape index (κ3) is 5.04. The first-order valence-electron chi connectivity index (χ1n) is 12.5. The van der Waals surface area contributed by atoms with E-state index in [9.17, 15) is 9.59 Å². The van der Waals surface area contributed by atoms with Gasteiger partial charge in [0.1, 0.15) is 5.56 Å². The van der Waals surface area contributed by atoms with E-state index < -0.39 is 5.91 Å². The summed E-state index contributed by atoms with van der Waals surface area (Å²) in [5, 5.41) is 9.57. The van der Waals surface area contributed by atoms with E-state index in [1.165, 1.54) is 4.52 Å². The Morgan fingerprint density at radius 3 is 2.55 bits per heavy atom. The first kappa shape index (κ1) is 25.9. The van der Waals surface area contributed by atoms with E-state index in [0.717, 1.165) is 34.3 Å². The molecule has 0 unspecified atom stereocenters. The zero-order valence-electron chi connectivity index (χ0n) is 21.9. The molecule has 10 heteroatoms. The molecule has 0 saturated heterocycles. The number of nitrogens with zero attached hydrogens (tertiary/aromatic N) is 6. The molecule has 0 aliphatic carbocycles. The minimum Gasteiger partial charge on any atom is -0.381 e. The molecule has 2 aromatic carbocycles. The van der Waals surface area contributed by atoms with Crippen molar-refractivity contribution >= 4 is 28.1 Å². The summed E-state index contributed by atoms with van der Waals surface area (Å²) < 4.78 is 4.91. The first-order chi connectivity index (χ1) is 19.4. The summed E-state index contributed by atoms with van der Waals surface area (Å²) in [4.78, 5) is 28.3. The molecule has 40 heavy (non-hydrogen) atoms. The molecule has 4 heterocycles. The monoisotopic (exact) mass is 530 g/mol. The molecule has 0 radical (unpaired) electrons. The number of para-hydroxylation sites is 1. The Morgan fingerprint density at radius 1 is 1.05 bits per heavy atom. The van der Waals surface area contributed by atoms with Gasteiger partial charge in [0.2, 0.25) is 0 Å². The molecule has 0 fully saturated rings. The van der Waals surface area contributed by atoms with Gasteiger partial charge in [0.25, 0.3) is 11.5 Å². The maximum absolute atomic E-state index is 13.4. The van der Waals surface area contributed by atoms with Crippen molar-refractivity contribution in [2.24, 2.45) is 12.8 Å². The van der Waals surface area contributed by atoms with Crippen LogP contribution in [0.2, 0.25) is 0 Å². The van der Waals surface area contributed by atoms with Crippen LogP contribution in [0.15, 0.2) is 90.2 Å². The Bertz CT molecular complexity index is 1970. The summed E-state index contributed by atoms with van der Waals surface area (Å²) in [6, 6.07) is 19.3. The van der Waals surface area contributed by atoms with Crippen LogP contribution in [0.1, 0.15) is 34.1 Å². The number of rotatable bonds is 3. The predicted octanol–water partition coefficient (Wildman–Crippen LogP) is 3.10. The molecular weight excluding hydrogens is 504 g/mol. The lowest BCUT2D eigenvalue weighted by atomic mass is 10.0. The number of nitrogens with two attached hydrogens (primary N) is 2. The fourth-order valence-corrected chi connectivity index (χ4v) is 4.41. The summed E-state index contributed by atoms with van der Waals surface area (Å²) in [6.07, 6.45) is 7.53. The average molecular weight is 531 g/mol. The Kier molecular flexibility index (Phi) is 7.11.